The van der Waals surface area contributed by atoms with Gasteiger partial charge in [0.25, 0.3) is 0 Å². The van der Waals surface area contributed by atoms with Gasteiger partial charge in [0.15, 0.2) is 0 Å². The van der Waals surface area contributed by atoms with E-state index in [4.69, 9.17) is 4.74 Å². The summed E-state index contributed by atoms with van der Waals surface area (Å²) in [5.74, 6) is 0.767. The zero-order chi connectivity index (χ0) is 6.27. The highest BCUT2D eigenvalue weighted by Crippen LogP contribution is 2.32. The van der Waals surface area contributed by atoms with Crippen molar-refractivity contribution in [3.05, 3.63) is 11.6 Å². The first-order valence-electron chi connectivity index (χ1n) is 3.64. The van der Waals surface area contributed by atoms with Crippen LogP contribution in [0.1, 0.15) is 19.8 Å². The third-order valence-corrected chi connectivity index (χ3v) is 2.43. The normalized spacial score (nSPS) is 40.8. The minimum atomic E-state index is 0.568. The van der Waals surface area contributed by atoms with Gasteiger partial charge in [0, 0.05) is 5.92 Å². The van der Waals surface area contributed by atoms with Crippen LogP contribution in [0.2, 0.25) is 0 Å². The second kappa shape index (κ2) is 1.84. The lowest BCUT2D eigenvalue weighted by molar-refractivity contribution is 0.113. The molecular weight excluding hydrogens is 112 g/mol. The quantitative estimate of drug-likeness (QED) is 0.447. The van der Waals surface area contributed by atoms with Crippen molar-refractivity contribution >= 4 is 0 Å². The molecule has 0 aromatic rings. The second-order valence-electron chi connectivity index (χ2n) is 3.07. The Kier molecular flexibility index (Phi) is 1.12. The summed E-state index contributed by atoms with van der Waals surface area (Å²) in [6, 6.07) is 0. The van der Waals surface area contributed by atoms with Crippen molar-refractivity contribution in [1.29, 1.82) is 0 Å². The van der Waals surface area contributed by atoms with Crippen LogP contribution in [0.25, 0.3) is 0 Å². The Labute approximate surface area is 55.7 Å². The molecule has 1 heteroatoms. The average molecular weight is 124 g/mol. The monoisotopic (exact) mass is 124 g/mol. The molecule has 2 aliphatic rings. The molecule has 50 valence electrons. The van der Waals surface area contributed by atoms with Crippen molar-refractivity contribution in [2.75, 3.05) is 6.61 Å². The Morgan fingerprint density at radius 3 is 3.33 bits per heavy atom. The summed E-state index contributed by atoms with van der Waals surface area (Å²) < 4.78 is 5.50. The standard InChI is InChI=1S/C8H12O/c1-6-2-3-8-4-7(6)5-9-8/h2,7-8H,3-5H2,1H3. The van der Waals surface area contributed by atoms with Gasteiger partial charge in [0.1, 0.15) is 0 Å². The average Bonchev–Trinajstić information content (AvgIpc) is 2.25. The molecule has 0 saturated carbocycles. The smallest absolute Gasteiger partial charge is 0.0616 e. The van der Waals surface area contributed by atoms with Gasteiger partial charge in [-0.3, -0.25) is 0 Å². The van der Waals surface area contributed by atoms with Crippen LogP contribution in [0, 0.1) is 5.92 Å². The van der Waals surface area contributed by atoms with Crippen LogP contribution < -0.4 is 0 Å². The fourth-order valence-electron chi connectivity index (χ4n) is 1.67. The van der Waals surface area contributed by atoms with Crippen molar-refractivity contribution in [2.45, 2.75) is 25.9 Å². The van der Waals surface area contributed by atoms with Gasteiger partial charge in [-0.1, -0.05) is 11.6 Å². The third-order valence-electron chi connectivity index (χ3n) is 2.43. The van der Waals surface area contributed by atoms with E-state index in [1.807, 2.05) is 0 Å². The minimum Gasteiger partial charge on any atom is -0.377 e. The third kappa shape index (κ3) is 0.799. The predicted molar refractivity (Wildman–Crippen MR) is 36.2 cm³/mol. The molecule has 2 unspecified atom stereocenters. The van der Waals surface area contributed by atoms with E-state index in [0.717, 1.165) is 18.9 Å². The van der Waals surface area contributed by atoms with Gasteiger partial charge in [0.05, 0.1) is 12.7 Å². The molecule has 1 aliphatic heterocycles. The van der Waals surface area contributed by atoms with Gasteiger partial charge in [0.2, 0.25) is 0 Å². The molecule has 0 aromatic carbocycles. The summed E-state index contributed by atoms with van der Waals surface area (Å²) in [6.07, 6.45) is 5.33. The van der Waals surface area contributed by atoms with Gasteiger partial charge in [-0.25, -0.2) is 0 Å². The van der Waals surface area contributed by atoms with Crippen LogP contribution in [0.15, 0.2) is 11.6 Å². The van der Waals surface area contributed by atoms with Crippen LogP contribution in [0.5, 0.6) is 0 Å². The zero-order valence-corrected chi connectivity index (χ0v) is 5.76. The molecule has 0 N–H and O–H groups in total. The highest BCUT2D eigenvalue weighted by molar-refractivity contribution is 5.11. The second-order valence-corrected chi connectivity index (χ2v) is 3.07. The first-order valence-corrected chi connectivity index (χ1v) is 3.64. The van der Waals surface area contributed by atoms with Crippen molar-refractivity contribution in [3.8, 4) is 0 Å². The Bertz CT molecular complexity index is 149. The summed E-state index contributed by atoms with van der Waals surface area (Å²) in [4.78, 5) is 0. The fraction of sp³-hybridized carbons (Fsp3) is 0.750. The van der Waals surface area contributed by atoms with Crippen molar-refractivity contribution in [3.63, 3.8) is 0 Å². The summed E-state index contributed by atoms with van der Waals surface area (Å²) in [5.41, 5.74) is 1.55. The van der Waals surface area contributed by atoms with E-state index in [9.17, 15) is 0 Å². The molecule has 1 aliphatic carbocycles. The molecule has 2 bridgehead atoms. The number of hydrogen-bond acceptors (Lipinski definition) is 1. The van der Waals surface area contributed by atoms with E-state index < -0.39 is 0 Å². The predicted octanol–water partition coefficient (Wildman–Crippen LogP) is 1.74. The molecular formula is C8H12O. The number of rotatable bonds is 0. The summed E-state index contributed by atoms with van der Waals surface area (Å²) in [6.45, 7) is 3.20. The first-order chi connectivity index (χ1) is 4.36. The Morgan fingerprint density at radius 1 is 1.67 bits per heavy atom. The Balaban J connectivity index is 2.21. The van der Waals surface area contributed by atoms with E-state index in [-0.39, 0.29) is 0 Å². The maximum atomic E-state index is 5.50. The maximum absolute atomic E-state index is 5.50. The summed E-state index contributed by atoms with van der Waals surface area (Å²) in [7, 11) is 0. The van der Waals surface area contributed by atoms with Crippen molar-refractivity contribution in [1.82, 2.24) is 0 Å². The molecule has 9 heavy (non-hydrogen) atoms. The fourth-order valence-corrected chi connectivity index (χ4v) is 1.67. The van der Waals surface area contributed by atoms with Crippen LogP contribution >= 0.6 is 0 Å². The van der Waals surface area contributed by atoms with Gasteiger partial charge < -0.3 is 4.74 Å². The Hall–Kier alpha value is -0.300. The van der Waals surface area contributed by atoms with Gasteiger partial charge in [-0.2, -0.15) is 0 Å². The number of ether oxygens (including phenoxy) is 1. The van der Waals surface area contributed by atoms with E-state index in [1.54, 1.807) is 5.57 Å². The van der Waals surface area contributed by atoms with E-state index in [0.29, 0.717) is 6.10 Å². The zero-order valence-electron chi connectivity index (χ0n) is 5.76. The lowest BCUT2D eigenvalue weighted by Crippen LogP contribution is -2.08. The van der Waals surface area contributed by atoms with E-state index in [1.165, 1.54) is 6.42 Å². The van der Waals surface area contributed by atoms with Gasteiger partial charge in [-0.15, -0.1) is 0 Å². The van der Waals surface area contributed by atoms with E-state index in [2.05, 4.69) is 13.0 Å². The molecule has 1 nitrogen and oxygen atoms in total. The van der Waals surface area contributed by atoms with Crippen LogP contribution in [-0.4, -0.2) is 12.7 Å². The molecule has 2 atom stereocenters. The van der Waals surface area contributed by atoms with Crippen molar-refractivity contribution in [2.24, 2.45) is 5.92 Å². The lowest BCUT2D eigenvalue weighted by Gasteiger charge is -2.13. The largest absolute Gasteiger partial charge is 0.377 e. The highest BCUT2D eigenvalue weighted by Gasteiger charge is 2.28. The molecule has 0 spiro atoms. The van der Waals surface area contributed by atoms with Crippen LogP contribution in [-0.2, 0) is 4.74 Å². The molecule has 1 fully saturated rings. The molecule has 2 rings (SSSR count). The van der Waals surface area contributed by atoms with Gasteiger partial charge >= 0.3 is 0 Å². The number of fused-ring (bicyclic) bond motifs is 2. The summed E-state index contributed by atoms with van der Waals surface area (Å²) >= 11 is 0. The molecule has 0 aromatic heterocycles. The number of hydrogen-bond donors (Lipinski definition) is 0. The molecule has 0 radical (unpaired) electrons. The molecule has 1 heterocycles. The van der Waals surface area contributed by atoms with Crippen molar-refractivity contribution < 1.29 is 4.74 Å². The van der Waals surface area contributed by atoms with E-state index >= 15 is 0 Å². The summed E-state index contributed by atoms with van der Waals surface area (Å²) in [5, 5.41) is 0. The highest BCUT2D eigenvalue weighted by atomic mass is 16.5. The Morgan fingerprint density at radius 2 is 2.56 bits per heavy atom. The van der Waals surface area contributed by atoms with Crippen LogP contribution in [0.4, 0.5) is 0 Å². The SMILES string of the molecule is CC1=CCC2CC1CO2. The molecule has 1 saturated heterocycles. The lowest BCUT2D eigenvalue weighted by atomic mass is 9.90. The molecule has 0 amide bonds. The maximum Gasteiger partial charge on any atom is 0.0616 e. The minimum absolute atomic E-state index is 0.568. The van der Waals surface area contributed by atoms with Gasteiger partial charge in [-0.05, 0) is 19.8 Å². The topological polar surface area (TPSA) is 9.23 Å². The van der Waals surface area contributed by atoms with Crippen LogP contribution in [0.3, 0.4) is 0 Å². The first kappa shape index (κ1) is 5.48.